The van der Waals surface area contributed by atoms with E-state index in [0.29, 0.717) is 0 Å². The molecule has 5 heteroatoms. The molecule has 0 heterocycles. The van der Waals surface area contributed by atoms with Gasteiger partial charge in [0.05, 0.1) is 0 Å². The quantitative estimate of drug-likeness (QED) is 0.310. The fourth-order valence-corrected chi connectivity index (χ4v) is 0. The summed E-state index contributed by atoms with van der Waals surface area (Å²) in [6.07, 6.45) is 0. The van der Waals surface area contributed by atoms with E-state index in [0.717, 1.165) is 0 Å². The van der Waals surface area contributed by atoms with Crippen molar-refractivity contribution < 1.29 is 16.4 Å². The fourth-order valence-electron chi connectivity index (χ4n) is 0. The van der Waals surface area contributed by atoms with E-state index >= 15 is 0 Å². The predicted octanol–water partition coefficient (Wildman–Crippen LogP) is -3.76. The van der Waals surface area contributed by atoms with Crippen LogP contribution in [0.15, 0.2) is 0 Å². The molecule has 40 valence electrons. The first-order valence-electron chi connectivity index (χ1n) is 0. The SMILES string of the molecule is N.O.O.O.[SiH4]. The third-order valence-corrected chi connectivity index (χ3v) is 0. The van der Waals surface area contributed by atoms with E-state index in [-0.39, 0.29) is 33.5 Å². The van der Waals surface area contributed by atoms with Crippen LogP contribution in [0.2, 0.25) is 0 Å². The highest BCUT2D eigenvalue weighted by atomic mass is 28.1. The topological polar surface area (TPSA) is 130 Å². The molecule has 0 aliphatic rings. The van der Waals surface area contributed by atoms with Crippen LogP contribution in [0.5, 0.6) is 0 Å². The van der Waals surface area contributed by atoms with Gasteiger partial charge in [0.1, 0.15) is 0 Å². The van der Waals surface area contributed by atoms with Crippen molar-refractivity contribution in [1.82, 2.24) is 6.15 Å². The number of hydrogen-bond acceptors (Lipinski definition) is 1. The van der Waals surface area contributed by atoms with Gasteiger partial charge in [0, 0.05) is 0 Å². The summed E-state index contributed by atoms with van der Waals surface area (Å²) >= 11 is 0. The summed E-state index contributed by atoms with van der Waals surface area (Å²) < 4.78 is 0. The monoisotopic (exact) mass is 103 g/mol. The van der Waals surface area contributed by atoms with Gasteiger partial charge in [-0.1, -0.05) is 0 Å². The van der Waals surface area contributed by atoms with Crippen LogP contribution >= 0.6 is 0 Å². The molecular weight excluding hydrogens is 90.1 g/mol. The van der Waals surface area contributed by atoms with Gasteiger partial charge in [-0.3, -0.25) is 0 Å². The van der Waals surface area contributed by atoms with Gasteiger partial charge in [-0.15, -0.1) is 0 Å². The first kappa shape index (κ1) is 25700. The molecule has 0 radical (unpaired) electrons. The van der Waals surface area contributed by atoms with Gasteiger partial charge < -0.3 is 22.6 Å². The van der Waals surface area contributed by atoms with E-state index in [9.17, 15) is 0 Å². The second-order valence-electron chi connectivity index (χ2n) is 0. The normalized spacial score (nSPS) is 0. The Hall–Kier alpha value is 0.0569. The molecule has 0 fully saturated rings. The van der Waals surface area contributed by atoms with Crippen molar-refractivity contribution in [3.8, 4) is 0 Å². The maximum atomic E-state index is 0. The van der Waals surface area contributed by atoms with Crippen LogP contribution < -0.4 is 6.15 Å². The van der Waals surface area contributed by atoms with Crippen LogP contribution in [0.25, 0.3) is 0 Å². The molecule has 0 aliphatic carbocycles. The molecule has 0 aromatic carbocycles. The summed E-state index contributed by atoms with van der Waals surface area (Å²) in [5, 5.41) is 0. The summed E-state index contributed by atoms with van der Waals surface area (Å²) in [4.78, 5) is 0. The molecular formula is H13NO3Si. The number of rotatable bonds is 0. The first-order chi connectivity index (χ1) is 0. The average molecular weight is 103 g/mol. The molecule has 0 amide bonds. The molecule has 0 aromatic rings. The van der Waals surface area contributed by atoms with Crippen LogP contribution in [0.1, 0.15) is 0 Å². The molecule has 0 spiro atoms. The van der Waals surface area contributed by atoms with Gasteiger partial charge in [0.2, 0.25) is 0 Å². The minimum atomic E-state index is 0. The maximum absolute atomic E-state index is 0. The van der Waals surface area contributed by atoms with Gasteiger partial charge in [-0.05, 0) is 11.0 Å². The largest absolute Gasteiger partial charge is 0.412 e. The summed E-state index contributed by atoms with van der Waals surface area (Å²) in [7, 11) is 0. The first-order valence-corrected chi connectivity index (χ1v) is 0. The van der Waals surface area contributed by atoms with Gasteiger partial charge in [0.15, 0.2) is 0 Å². The Morgan fingerprint density at radius 1 is 0.600 bits per heavy atom. The summed E-state index contributed by atoms with van der Waals surface area (Å²) in [5.41, 5.74) is 0. The zero-order chi connectivity index (χ0) is 0. The molecule has 0 atom stereocenters. The Balaban J connectivity index is 0. The van der Waals surface area contributed by atoms with E-state index in [4.69, 9.17) is 0 Å². The Bertz CT molecular complexity index is 6.85. The highest BCUT2D eigenvalue weighted by molar-refractivity contribution is 5.75. The Morgan fingerprint density at radius 3 is 0.600 bits per heavy atom. The lowest BCUT2D eigenvalue weighted by atomic mass is 14.0. The standard InChI is InChI=1S/H3N.3H2O.H4Si/h1H3;3*1H2;1H4. The van der Waals surface area contributed by atoms with Crippen molar-refractivity contribution in [2.75, 3.05) is 0 Å². The van der Waals surface area contributed by atoms with Crippen molar-refractivity contribution in [3.05, 3.63) is 0 Å². The van der Waals surface area contributed by atoms with Crippen LogP contribution in [-0.4, -0.2) is 27.4 Å². The molecule has 0 unspecified atom stereocenters. The van der Waals surface area contributed by atoms with E-state index < -0.39 is 0 Å². The third-order valence-electron chi connectivity index (χ3n) is 0. The van der Waals surface area contributed by atoms with E-state index in [1.54, 1.807) is 0 Å². The Labute approximate surface area is 34.7 Å². The molecule has 0 saturated carbocycles. The summed E-state index contributed by atoms with van der Waals surface area (Å²) in [6, 6.07) is 0. The average Bonchev–Trinajstić information content (AvgIpc) is 0. The lowest BCUT2D eigenvalue weighted by Gasteiger charge is -0.413. The number of hydrogen-bond donors (Lipinski definition) is 1. The van der Waals surface area contributed by atoms with Crippen molar-refractivity contribution >= 4 is 11.0 Å². The van der Waals surface area contributed by atoms with Crippen LogP contribution in [0.4, 0.5) is 0 Å². The molecule has 0 aromatic heterocycles. The zero-order valence-electron chi connectivity index (χ0n) is 2.21. The lowest BCUT2D eigenvalue weighted by Crippen LogP contribution is -0.481. The van der Waals surface area contributed by atoms with Crippen LogP contribution in [0, 0.1) is 0 Å². The van der Waals surface area contributed by atoms with E-state index in [2.05, 4.69) is 0 Å². The second-order valence-corrected chi connectivity index (χ2v) is 0. The predicted molar refractivity (Wildman–Crippen MR) is 27.2 cm³/mol. The smallest absolute Gasteiger partial charge is 0.0149 e. The Morgan fingerprint density at radius 2 is 0.600 bits per heavy atom. The van der Waals surface area contributed by atoms with Crippen molar-refractivity contribution in [1.29, 1.82) is 0 Å². The zero-order valence-corrected chi connectivity index (χ0v) is 2.21. The second kappa shape index (κ2) is 11700. The van der Waals surface area contributed by atoms with E-state index in [1.807, 2.05) is 0 Å². The fraction of sp³-hybridized carbons (Fsp3) is 0. The maximum Gasteiger partial charge on any atom is -0.0149 e. The Kier molecular flexibility index (Phi) is 60300000. The summed E-state index contributed by atoms with van der Waals surface area (Å²) in [5.74, 6) is 0. The van der Waals surface area contributed by atoms with Gasteiger partial charge in [-0.25, -0.2) is 0 Å². The van der Waals surface area contributed by atoms with E-state index in [1.165, 1.54) is 0 Å². The molecule has 0 saturated heterocycles. The highest BCUT2D eigenvalue weighted by Crippen LogP contribution is -0.287. The third kappa shape index (κ3) is 5300. The highest BCUT2D eigenvalue weighted by Gasteiger charge is -0.0148. The molecule has 5 heavy (non-hydrogen) atoms. The molecule has 0 aliphatic heterocycles. The van der Waals surface area contributed by atoms with Gasteiger partial charge in [-0.2, -0.15) is 0 Å². The van der Waals surface area contributed by atoms with Crippen LogP contribution in [0.3, 0.4) is 0 Å². The molecule has 0 rings (SSSR count). The van der Waals surface area contributed by atoms with Crippen LogP contribution in [-0.2, 0) is 0 Å². The minimum Gasteiger partial charge on any atom is -0.412 e. The van der Waals surface area contributed by atoms with Crippen molar-refractivity contribution in [3.63, 3.8) is 0 Å². The lowest BCUT2D eigenvalue weighted by molar-refractivity contribution is 0.823. The van der Waals surface area contributed by atoms with Gasteiger partial charge in [0.25, 0.3) is 0 Å². The molecule has 0 bridgehead atoms. The minimum absolute atomic E-state index is 0. The van der Waals surface area contributed by atoms with Gasteiger partial charge >= 0.3 is 0 Å². The summed E-state index contributed by atoms with van der Waals surface area (Å²) in [6.45, 7) is 0. The van der Waals surface area contributed by atoms with Crippen molar-refractivity contribution in [2.24, 2.45) is 0 Å². The van der Waals surface area contributed by atoms with Crippen molar-refractivity contribution in [2.45, 2.75) is 0 Å². The molecule has 4 nitrogen and oxygen atoms in total. The molecule has 9 N–H and O–H groups in total.